The Labute approximate surface area is 146 Å². The largest absolute Gasteiger partial charge is 0.344 e. The highest BCUT2D eigenvalue weighted by Crippen LogP contribution is 2.23. The SMILES string of the molecule is CC(=O)N[C@H](C(=O)Nc1ncc(Cc2ccccc2C)s1)C(C)C. The summed E-state index contributed by atoms with van der Waals surface area (Å²) in [5, 5.41) is 6.04. The molecule has 128 valence electrons. The minimum atomic E-state index is -0.564. The third kappa shape index (κ3) is 4.89. The van der Waals surface area contributed by atoms with E-state index < -0.39 is 6.04 Å². The van der Waals surface area contributed by atoms with Gasteiger partial charge in [-0.2, -0.15) is 0 Å². The Balaban J connectivity index is 2.04. The molecule has 1 heterocycles. The van der Waals surface area contributed by atoms with Crippen molar-refractivity contribution in [2.24, 2.45) is 5.92 Å². The van der Waals surface area contributed by atoms with E-state index >= 15 is 0 Å². The summed E-state index contributed by atoms with van der Waals surface area (Å²) in [7, 11) is 0. The number of rotatable bonds is 6. The van der Waals surface area contributed by atoms with Gasteiger partial charge in [0.05, 0.1) is 0 Å². The second-order valence-electron chi connectivity index (χ2n) is 6.15. The van der Waals surface area contributed by atoms with Gasteiger partial charge in [-0.05, 0) is 24.0 Å². The number of hydrogen-bond donors (Lipinski definition) is 2. The first-order valence-corrected chi connectivity index (χ1v) is 8.75. The van der Waals surface area contributed by atoms with E-state index in [-0.39, 0.29) is 17.7 Å². The average Bonchev–Trinajstić information content (AvgIpc) is 2.93. The van der Waals surface area contributed by atoms with Crippen molar-refractivity contribution in [2.45, 2.75) is 40.2 Å². The Hall–Kier alpha value is -2.21. The van der Waals surface area contributed by atoms with Crippen LogP contribution in [0.2, 0.25) is 0 Å². The number of benzene rings is 1. The minimum Gasteiger partial charge on any atom is -0.344 e. The molecule has 2 amide bonds. The molecule has 0 radical (unpaired) electrons. The van der Waals surface area contributed by atoms with Crippen LogP contribution in [-0.2, 0) is 16.0 Å². The first-order valence-electron chi connectivity index (χ1n) is 7.94. The summed E-state index contributed by atoms with van der Waals surface area (Å²) >= 11 is 1.46. The fourth-order valence-corrected chi connectivity index (χ4v) is 3.22. The third-order valence-electron chi connectivity index (χ3n) is 3.72. The Morgan fingerprint density at radius 1 is 1.25 bits per heavy atom. The molecule has 0 saturated heterocycles. The number of nitrogens with zero attached hydrogens (tertiary/aromatic N) is 1. The van der Waals surface area contributed by atoms with Crippen molar-refractivity contribution in [1.29, 1.82) is 0 Å². The number of thiazole rings is 1. The van der Waals surface area contributed by atoms with Gasteiger partial charge in [-0.25, -0.2) is 4.98 Å². The second kappa shape index (κ2) is 8.06. The van der Waals surface area contributed by atoms with Gasteiger partial charge < -0.3 is 10.6 Å². The zero-order valence-electron chi connectivity index (χ0n) is 14.4. The number of aromatic nitrogens is 1. The smallest absolute Gasteiger partial charge is 0.248 e. The zero-order chi connectivity index (χ0) is 17.7. The van der Waals surface area contributed by atoms with Crippen LogP contribution in [0.15, 0.2) is 30.5 Å². The van der Waals surface area contributed by atoms with Crippen LogP contribution in [0.25, 0.3) is 0 Å². The van der Waals surface area contributed by atoms with Crippen LogP contribution in [0.1, 0.15) is 36.8 Å². The average molecular weight is 345 g/mol. The summed E-state index contributed by atoms with van der Waals surface area (Å²) in [6, 6.07) is 7.66. The predicted molar refractivity (Wildman–Crippen MR) is 97.2 cm³/mol. The summed E-state index contributed by atoms with van der Waals surface area (Å²) in [4.78, 5) is 29.0. The van der Waals surface area contributed by atoms with Gasteiger partial charge in [0.25, 0.3) is 0 Å². The molecule has 1 atom stereocenters. The quantitative estimate of drug-likeness (QED) is 0.845. The van der Waals surface area contributed by atoms with Gasteiger partial charge in [0.1, 0.15) is 6.04 Å². The van der Waals surface area contributed by atoms with Crippen molar-refractivity contribution in [3.63, 3.8) is 0 Å². The van der Waals surface area contributed by atoms with Crippen LogP contribution in [0.4, 0.5) is 5.13 Å². The molecule has 0 aliphatic heterocycles. The van der Waals surface area contributed by atoms with E-state index in [1.165, 1.54) is 29.4 Å². The summed E-state index contributed by atoms with van der Waals surface area (Å²) in [6.07, 6.45) is 2.58. The van der Waals surface area contributed by atoms with Gasteiger partial charge in [0.15, 0.2) is 5.13 Å². The van der Waals surface area contributed by atoms with Crippen molar-refractivity contribution in [3.8, 4) is 0 Å². The Kier molecular flexibility index (Phi) is 6.09. The number of amides is 2. The highest BCUT2D eigenvalue weighted by Gasteiger charge is 2.23. The number of hydrogen-bond acceptors (Lipinski definition) is 4. The number of aryl methyl sites for hydroxylation is 1. The van der Waals surface area contributed by atoms with Crippen molar-refractivity contribution in [1.82, 2.24) is 10.3 Å². The lowest BCUT2D eigenvalue weighted by Crippen LogP contribution is -2.46. The Morgan fingerprint density at radius 2 is 1.96 bits per heavy atom. The molecule has 0 unspecified atom stereocenters. The Bertz CT molecular complexity index is 725. The number of carbonyl (C=O) groups excluding carboxylic acids is 2. The molecule has 0 spiro atoms. The molecule has 0 aliphatic carbocycles. The van der Waals surface area contributed by atoms with Crippen molar-refractivity contribution in [2.75, 3.05) is 5.32 Å². The van der Waals surface area contributed by atoms with Crippen molar-refractivity contribution in [3.05, 3.63) is 46.5 Å². The molecular weight excluding hydrogens is 322 g/mol. The molecule has 2 N–H and O–H groups in total. The molecule has 1 aromatic carbocycles. The molecule has 24 heavy (non-hydrogen) atoms. The molecule has 0 aliphatic rings. The monoisotopic (exact) mass is 345 g/mol. The molecule has 1 aromatic heterocycles. The topological polar surface area (TPSA) is 71.1 Å². The number of carbonyl (C=O) groups is 2. The van der Waals surface area contributed by atoms with E-state index in [0.29, 0.717) is 5.13 Å². The van der Waals surface area contributed by atoms with Crippen molar-refractivity contribution < 1.29 is 9.59 Å². The van der Waals surface area contributed by atoms with Crippen LogP contribution < -0.4 is 10.6 Å². The Morgan fingerprint density at radius 3 is 2.58 bits per heavy atom. The van der Waals surface area contributed by atoms with Gasteiger partial charge in [-0.15, -0.1) is 11.3 Å². The highest BCUT2D eigenvalue weighted by molar-refractivity contribution is 7.15. The first-order chi connectivity index (χ1) is 11.4. The van der Waals surface area contributed by atoms with Crippen LogP contribution in [0.3, 0.4) is 0 Å². The molecular formula is C18H23N3O2S. The normalized spacial score (nSPS) is 12.0. The van der Waals surface area contributed by atoms with Crippen LogP contribution >= 0.6 is 11.3 Å². The lowest BCUT2D eigenvalue weighted by molar-refractivity contribution is -0.126. The van der Waals surface area contributed by atoms with E-state index in [0.717, 1.165) is 11.3 Å². The number of anilines is 1. The van der Waals surface area contributed by atoms with E-state index in [4.69, 9.17) is 0 Å². The molecule has 0 bridgehead atoms. The van der Waals surface area contributed by atoms with Crippen LogP contribution in [0, 0.1) is 12.8 Å². The maximum absolute atomic E-state index is 12.4. The summed E-state index contributed by atoms with van der Waals surface area (Å²) in [5.41, 5.74) is 2.49. The molecule has 6 heteroatoms. The van der Waals surface area contributed by atoms with E-state index in [2.05, 4.69) is 34.7 Å². The number of nitrogens with one attached hydrogen (secondary N) is 2. The van der Waals surface area contributed by atoms with Gasteiger partial charge in [-0.1, -0.05) is 38.1 Å². The minimum absolute atomic E-state index is 0.000279. The lowest BCUT2D eigenvalue weighted by Gasteiger charge is -2.20. The molecule has 0 fully saturated rings. The van der Waals surface area contributed by atoms with E-state index in [1.54, 1.807) is 6.20 Å². The molecule has 2 aromatic rings. The van der Waals surface area contributed by atoms with Crippen LogP contribution in [0.5, 0.6) is 0 Å². The molecule has 2 rings (SSSR count). The first kappa shape index (κ1) is 18.1. The van der Waals surface area contributed by atoms with E-state index in [1.807, 2.05) is 26.0 Å². The van der Waals surface area contributed by atoms with Gasteiger partial charge >= 0.3 is 0 Å². The zero-order valence-corrected chi connectivity index (χ0v) is 15.2. The van der Waals surface area contributed by atoms with Crippen LogP contribution in [-0.4, -0.2) is 22.8 Å². The molecule has 0 saturated carbocycles. The van der Waals surface area contributed by atoms with Gasteiger partial charge in [-0.3, -0.25) is 9.59 Å². The second-order valence-corrected chi connectivity index (χ2v) is 7.26. The fourth-order valence-electron chi connectivity index (χ4n) is 2.38. The standard InChI is InChI=1S/C18H23N3O2S/c1-11(2)16(20-13(4)22)17(23)21-18-19-10-15(24-18)9-14-8-6-5-7-12(14)3/h5-8,10-11,16H,9H2,1-4H3,(H,20,22)(H,19,21,23)/t16-/m0/s1. The van der Waals surface area contributed by atoms with E-state index in [9.17, 15) is 9.59 Å². The lowest BCUT2D eigenvalue weighted by atomic mass is 10.0. The van der Waals surface area contributed by atoms with Crippen molar-refractivity contribution >= 4 is 28.3 Å². The maximum Gasteiger partial charge on any atom is 0.248 e. The van der Waals surface area contributed by atoms with Gasteiger partial charge in [0.2, 0.25) is 11.8 Å². The predicted octanol–water partition coefficient (Wildman–Crippen LogP) is 3.14. The highest BCUT2D eigenvalue weighted by atomic mass is 32.1. The third-order valence-corrected chi connectivity index (χ3v) is 4.63. The molecule has 5 nitrogen and oxygen atoms in total. The maximum atomic E-state index is 12.4. The summed E-state index contributed by atoms with van der Waals surface area (Å²) in [5.74, 6) is -0.458. The van der Waals surface area contributed by atoms with Gasteiger partial charge in [0, 0.05) is 24.4 Å². The fraction of sp³-hybridized carbons (Fsp3) is 0.389. The summed E-state index contributed by atoms with van der Waals surface area (Å²) in [6.45, 7) is 7.28. The summed E-state index contributed by atoms with van der Waals surface area (Å²) < 4.78 is 0.